The van der Waals surface area contributed by atoms with E-state index in [2.05, 4.69) is 10.3 Å². The number of thiazole rings is 1. The molecule has 0 radical (unpaired) electrons. The molecule has 108 valence electrons. The van der Waals surface area contributed by atoms with Gasteiger partial charge in [0, 0.05) is 30.2 Å². The van der Waals surface area contributed by atoms with Gasteiger partial charge in [-0.3, -0.25) is 9.59 Å². The smallest absolute Gasteiger partial charge is 0.231 e. The Morgan fingerprint density at radius 2 is 2.14 bits per heavy atom. The van der Waals surface area contributed by atoms with Crippen molar-refractivity contribution in [3.05, 3.63) is 41.7 Å². The SMILES string of the molecule is O=C(Nc1nccs1)[C@@H]1CC(=O)N(c2ccc(F)cc2)C1. The second-order valence-electron chi connectivity index (χ2n) is 4.71. The second kappa shape index (κ2) is 5.61. The van der Waals surface area contributed by atoms with E-state index in [1.165, 1.54) is 40.5 Å². The lowest BCUT2D eigenvalue weighted by Gasteiger charge is -2.16. The van der Waals surface area contributed by atoms with Crippen LogP contribution in [0.25, 0.3) is 0 Å². The number of carbonyl (C=O) groups excluding carboxylic acids is 2. The molecule has 0 spiro atoms. The minimum absolute atomic E-state index is 0.138. The van der Waals surface area contributed by atoms with Gasteiger partial charge in [-0.15, -0.1) is 11.3 Å². The lowest BCUT2D eigenvalue weighted by atomic mass is 10.1. The van der Waals surface area contributed by atoms with Gasteiger partial charge in [-0.1, -0.05) is 0 Å². The van der Waals surface area contributed by atoms with Crippen molar-refractivity contribution in [3.8, 4) is 0 Å². The normalized spacial score (nSPS) is 18.0. The fourth-order valence-electron chi connectivity index (χ4n) is 2.25. The van der Waals surface area contributed by atoms with Gasteiger partial charge in [0.15, 0.2) is 5.13 Å². The molecule has 0 saturated carbocycles. The zero-order chi connectivity index (χ0) is 14.8. The van der Waals surface area contributed by atoms with Gasteiger partial charge < -0.3 is 10.2 Å². The first-order chi connectivity index (χ1) is 10.1. The monoisotopic (exact) mass is 305 g/mol. The number of amides is 2. The fourth-order valence-corrected chi connectivity index (χ4v) is 2.78. The highest BCUT2D eigenvalue weighted by molar-refractivity contribution is 7.13. The fraction of sp³-hybridized carbons (Fsp3) is 0.214. The van der Waals surface area contributed by atoms with Crippen LogP contribution < -0.4 is 10.2 Å². The summed E-state index contributed by atoms with van der Waals surface area (Å²) in [4.78, 5) is 29.6. The summed E-state index contributed by atoms with van der Waals surface area (Å²) in [7, 11) is 0. The van der Waals surface area contributed by atoms with Gasteiger partial charge in [0.25, 0.3) is 0 Å². The van der Waals surface area contributed by atoms with Gasteiger partial charge in [0.05, 0.1) is 5.92 Å². The van der Waals surface area contributed by atoms with Crippen LogP contribution in [-0.4, -0.2) is 23.3 Å². The molecule has 21 heavy (non-hydrogen) atoms. The Labute approximate surface area is 124 Å². The molecule has 2 aromatic rings. The number of rotatable bonds is 3. The van der Waals surface area contributed by atoms with Crippen LogP contribution in [0.5, 0.6) is 0 Å². The third kappa shape index (κ3) is 2.92. The molecule has 5 nitrogen and oxygen atoms in total. The number of carbonyl (C=O) groups is 2. The van der Waals surface area contributed by atoms with E-state index in [1.807, 2.05) is 0 Å². The molecule has 2 amide bonds. The zero-order valence-corrected chi connectivity index (χ0v) is 11.8. The molecule has 3 rings (SSSR count). The van der Waals surface area contributed by atoms with E-state index in [0.29, 0.717) is 17.4 Å². The van der Waals surface area contributed by atoms with Crippen LogP contribution >= 0.6 is 11.3 Å². The molecule has 0 aliphatic carbocycles. The summed E-state index contributed by atoms with van der Waals surface area (Å²) in [5.41, 5.74) is 0.603. The summed E-state index contributed by atoms with van der Waals surface area (Å²) >= 11 is 1.33. The Balaban J connectivity index is 1.69. The largest absolute Gasteiger partial charge is 0.312 e. The van der Waals surface area contributed by atoms with Crippen LogP contribution in [0.3, 0.4) is 0 Å². The zero-order valence-electron chi connectivity index (χ0n) is 11.0. The van der Waals surface area contributed by atoms with Gasteiger partial charge in [-0.05, 0) is 24.3 Å². The van der Waals surface area contributed by atoms with E-state index in [-0.39, 0.29) is 24.1 Å². The molecule has 1 N–H and O–H groups in total. The number of benzene rings is 1. The Bertz CT molecular complexity index is 657. The van der Waals surface area contributed by atoms with Crippen LogP contribution in [0.15, 0.2) is 35.8 Å². The van der Waals surface area contributed by atoms with Crippen molar-refractivity contribution in [2.45, 2.75) is 6.42 Å². The Morgan fingerprint density at radius 3 is 2.81 bits per heavy atom. The predicted molar refractivity (Wildman–Crippen MR) is 77.6 cm³/mol. The second-order valence-corrected chi connectivity index (χ2v) is 5.60. The molecule has 1 saturated heterocycles. The lowest BCUT2D eigenvalue weighted by Crippen LogP contribution is -2.28. The first kappa shape index (κ1) is 13.7. The van der Waals surface area contributed by atoms with Gasteiger partial charge >= 0.3 is 0 Å². The summed E-state index contributed by atoms with van der Waals surface area (Å²) in [6.07, 6.45) is 1.75. The highest BCUT2D eigenvalue weighted by Crippen LogP contribution is 2.26. The third-order valence-corrected chi connectivity index (χ3v) is 3.99. The maximum Gasteiger partial charge on any atom is 0.231 e. The van der Waals surface area contributed by atoms with Gasteiger partial charge in [0.2, 0.25) is 11.8 Å². The molecular weight excluding hydrogens is 293 g/mol. The minimum atomic E-state index is -0.425. The molecule has 1 aromatic heterocycles. The van der Waals surface area contributed by atoms with E-state index in [4.69, 9.17) is 0 Å². The molecule has 7 heteroatoms. The molecule has 0 bridgehead atoms. The minimum Gasteiger partial charge on any atom is -0.312 e. The molecule has 2 heterocycles. The predicted octanol–water partition coefficient (Wildman–Crippen LogP) is 2.27. The average Bonchev–Trinajstić information content (AvgIpc) is 3.09. The summed E-state index contributed by atoms with van der Waals surface area (Å²) in [6, 6.07) is 5.67. The van der Waals surface area contributed by atoms with E-state index in [9.17, 15) is 14.0 Å². The first-order valence-electron chi connectivity index (χ1n) is 6.40. The quantitative estimate of drug-likeness (QED) is 0.946. The van der Waals surface area contributed by atoms with Crippen molar-refractivity contribution in [1.29, 1.82) is 0 Å². The number of halogens is 1. The number of aromatic nitrogens is 1. The summed E-state index contributed by atoms with van der Waals surface area (Å²) in [5.74, 6) is -1.14. The van der Waals surface area contributed by atoms with Crippen LogP contribution in [0.2, 0.25) is 0 Å². The summed E-state index contributed by atoms with van der Waals surface area (Å²) in [5, 5.41) is 4.98. The molecular formula is C14H12FN3O2S. The van der Waals surface area contributed by atoms with Crippen molar-refractivity contribution in [2.24, 2.45) is 5.92 Å². The molecule has 1 aliphatic heterocycles. The number of nitrogens with zero attached hydrogens (tertiary/aromatic N) is 2. The number of hydrogen-bond acceptors (Lipinski definition) is 4. The van der Waals surface area contributed by atoms with Crippen molar-refractivity contribution in [3.63, 3.8) is 0 Å². The van der Waals surface area contributed by atoms with Crippen molar-refractivity contribution in [1.82, 2.24) is 4.98 Å². The molecule has 1 fully saturated rings. The van der Waals surface area contributed by atoms with E-state index in [0.717, 1.165) is 0 Å². The van der Waals surface area contributed by atoms with Crippen molar-refractivity contribution >= 4 is 34.0 Å². The number of nitrogens with one attached hydrogen (secondary N) is 1. The van der Waals surface area contributed by atoms with Crippen LogP contribution in [-0.2, 0) is 9.59 Å². The van der Waals surface area contributed by atoms with E-state index in [1.54, 1.807) is 11.6 Å². The lowest BCUT2D eigenvalue weighted by molar-refractivity contribution is -0.122. The molecule has 1 aromatic carbocycles. The molecule has 1 aliphatic rings. The van der Waals surface area contributed by atoms with Crippen molar-refractivity contribution in [2.75, 3.05) is 16.8 Å². The maximum absolute atomic E-state index is 12.9. The van der Waals surface area contributed by atoms with Gasteiger partial charge in [-0.25, -0.2) is 9.37 Å². The topological polar surface area (TPSA) is 62.3 Å². The first-order valence-corrected chi connectivity index (χ1v) is 7.28. The number of hydrogen-bond donors (Lipinski definition) is 1. The van der Waals surface area contributed by atoms with Crippen LogP contribution in [0, 0.1) is 11.7 Å². The number of anilines is 2. The van der Waals surface area contributed by atoms with E-state index < -0.39 is 5.92 Å². The maximum atomic E-state index is 12.9. The Hall–Kier alpha value is -2.28. The summed E-state index contributed by atoms with van der Waals surface area (Å²) < 4.78 is 12.9. The summed E-state index contributed by atoms with van der Waals surface area (Å²) in [6.45, 7) is 0.293. The van der Waals surface area contributed by atoms with E-state index >= 15 is 0 Å². The standard InChI is InChI=1S/C14H12FN3O2S/c15-10-1-3-11(4-2-10)18-8-9(7-12(18)19)13(20)17-14-16-5-6-21-14/h1-6,9H,7-8H2,(H,16,17,20)/t9-/m1/s1. The highest BCUT2D eigenvalue weighted by Gasteiger charge is 2.35. The van der Waals surface area contributed by atoms with Crippen LogP contribution in [0.4, 0.5) is 15.2 Å². The molecule has 0 unspecified atom stereocenters. The molecule has 1 atom stereocenters. The Kier molecular flexibility index (Phi) is 3.66. The van der Waals surface area contributed by atoms with Crippen LogP contribution in [0.1, 0.15) is 6.42 Å². The van der Waals surface area contributed by atoms with Crippen molar-refractivity contribution < 1.29 is 14.0 Å². The van der Waals surface area contributed by atoms with Gasteiger partial charge in [0.1, 0.15) is 5.82 Å². The third-order valence-electron chi connectivity index (χ3n) is 3.30. The highest BCUT2D eigenvalue weighted by atomic mass is 32.1. The average molecular weight is 305 g/mol. The van der Waals surface area contributed by atoms with Gasteiger partial charge in [-0.2, -0.15) is 0 Å². The Morgan fingerprint density at radius 1 is 1.38 bits per heavy atom.